The summed E-state index contributed by atoms with van der Waals surface area (Å²) in [6.45, 7) is 9.07. The SMILES string of the molecule is CCC(C)CS(=O)(=O)CC(=O)C(C)(C)C. The molecule has 4 heteroatoms. The summed E-state index contributed by atoms with van der Waals surface area (Å²) in [7, 11) is -3.22. The molecule has 0 rings (SSSR count). The fraction of sp³-hybridized carbons (Fsp3) is 0.909. The van der Waals surface area contributed by atoms with E-state index in [0.29, 0.717) is 0 Å². The van der Waals surface area contributed by atoms with Crippen LogP contribution in [-0.2, 0) is 14.6 Å². The van der Waals surface area contributed by atoms with Gasteiger partial charge in [-0.15, -0.1) is 0 Å². The molecule has 0 aromatic rings. The van der Waals surface area contributed by atoms with Crippen LogP contribution in [0.3, 0.4) is 0 Å². The highest BCUT2D eigenvalue weighted by Gasteiger charge is 2.27. The predicted molar refractivity (Wildman–Crippen MR) is 62.6 cm³/mol. The van der Waals surface area contributed by atoms with Crippen molar-refractivity contribution in [1.82, 2.24) is 0 Å². The van der Waals surface area contributed by atoms with E-state index in [-0.39, 0.29) is 23.2 Å². The lowest BCUT2D eigenvalue weighted by atomic mass is 9.92. The van der Waals surface area contributed by atoms with Crippen LogP contribution in [0.1, 0.15) is 41.0 Å². The molecule has 0 aliphatic heterocycles. The van der Waals surface area contributed by atoms with Crippen LogP contribution >= 0.6 is 0 Å². The molecule has 0 aromatic heterocycles. The molecule has 90 valence electrons. The smallest absolute Gasteiger partial charge is 0.157 e. The normalized spacial score (nSPS) is 15.0. The summed E-state index contributed by atoms with van der Waals surface area (Å²) in [4.78, 5) is 11.6. The van der Waals surface area contributed by atoms with E-state index >= 15 is 0 Å². The number of hydrogen-bond acceptors (Lipinski definition) is 3. The molecule has 15 heavy (non-hydrogen) atoms. The predicted octanol–water partition coefficient (Wildman–Crippen LogP) is 2.06. The maximum absolute atomic E-state index is 11.6. The second kappa shape index (κ2) is 5.10. The number of carbonyl (C=O) groups excluding carboxylic acids is 1. The van der Waals surface area contributed by atoms with Crippen LogP contribution in [0.2, 0.25) is 0 Å². The molecular weight excluding hydrogens is 212 g/mol. The Balaban J connectivity index is 4.47. The largest absolute Gasteiger partial charge is 0.298 e. The molecule has 0 spiro atoms. The summed E-state index contributed by atoms with van der Waals surface area (Å²) in [6.07, 6.45) is 0.822. The van der Waals surface area contributed by atoms with Crippen LogP contribution in [0.15, 0.2) is 0 Å². The topological polar surface area (TPSA) is 51.2 Å². The number of Topliss-reactive ketones (excluding diaryl/α,β-unsaturated/α-hetero) is 1. The highest BCUT2D eigenvalue weighted by atomic mass is 32.2. The van der Waals surface area contributed by atoms with Gasteiger partial charge >= 0.3 is 0 Å². The molecule has 0 saturated carbocycles. The van der Waals surface area contributed by atoms with Crippen molar-refractivity contribution in [3.8, 4) is 0 Å². The number of sulfone groups is 1. The van der Waals surface area contributed by atoms with Gasteiger partial charge in [0.2, 0.25) is 0 Å². The van der Waals surface area contributed by atoms with Crippen molar-refractivity contribution < 1.29 is 13.2 Å². The third kappa shape index (κ3) is 5.92. The molecule has 1 unspecified atom stereocenters. The molecule has 0 amide bonds. The summed E-state index contributed by atoms with van der Waals surface area (Å²) in [5.74, 6) is -0.278. The summed E-state index contributed by atoms with van der Waals surface area (Å²) in [6, 6.07) is 0. The van der Waals surface area contributed by atoms with Crippen LogP contribution in [-0.4, -0.2) is 25.7 Å². The number of carbonyl (C=O) groups is 1. The van der Waals surface area contributed by atoms with Crippen molar-refractivity contribution >= 4 is 15.6 Å². The standard InChI is InChI=1S/C11H22O3S/c1-6-9(2)7-15(13,14)8-10(12)11(3,4)5/h9H,6-8H2,1-5H3. The molecule has 0 aliphatic carbocycles. The summed E-state index contributed by atoms with van der Waals surface area (Å²) in [5.41, 5.74) is -0.567. The minimum absolute atomic E-state index is 0.116. The van der Waals surface area contributed by atoms with E-state index in [4.69, 9.17) is 0 Å². The lowest BCUT2D eigenvalue weighted by Gasteiger charge is -2.17. The van der Waals surface area contributed by atoms with E-state index < -0.39 is 15.3 Å². The molecule has 0 aliphatic rings. The van der Waals surface area contributed by atoms with E-state index in [1.165, 1.54) is 0 Å². The molecule has 0 aromatic carbocycles. The first-order valence-corrected chi connectivity index (χ1v) is 7.14. The molecule has 0 heterocycles. The van der Waals surface area contributed by atoms with Gasteiger partial charge in [-0.25, -0.2) is 8.42 Å². The zero-order valence-corrected chi connectivity index (χ0v) is 11.1. The van der Waals surface area contributed by atoms with Gasteiger partial charge in [-0.05, 0) is 5.92 Å². The fourth-order valence-corrected chi connectivity index (χ4v) is 3.08. The minimum atomic E-state index is -3.22. The van der Waals surface area contributed by atoms with Gasteiger partial charge in [-0.2, -0.15) is 0 Å². The average molecular weight is 234 g/mol. The molecule has 1 atom stereocenters. The van der Waals surface area contributed by atoms with Crippen molar-refractivity contribution in [2.24, 2.45) is 11.3 Å². The maximum atomic E-state index is 11.6. The van der Waals surface area contributed by atoms with Gasteiger partial charge < -0.3 is 0 Å². The number of hydrogen-bond donors (Lipinski definition) is 0. The van der Waals surface area contributed by atoms with Gasteiger partial charge in [0, 0.05) is 5.41 Å². The highest BCUT2D eigenvalue weighted by Crippen LogP contribution is 2.17. The summed E-state index contributed by atoms with van der Waals surface area (Å²) in [5, 5.41) is 0. The first kappa shape index (κ1) is 14.6. The zero-order chi connectivity index (χ0) is 12.3. The van der Waals surface area contributed by atoms with Crippen molar-refractivity contribution in [3.05, 3.63) is 0 Å². The van der Waals surface area contributed by atoms with E-state index in [2.05, 4.69) is 0 Å². The summed E-state index contributed by atoms with van der Waals surface area (Å²) >= 11 is 0. The monoisotopic (exact) mass is 234 g/mol. The van der Waals surface area contributed by atoms with Gasteiger partial charge in [-0.3, -0.25) is 4.79 Å². The van der Waals surface area contributed by atoms with E-state index in [9.17, 15) is 13.2 Å². The van der Waals surface area contributed by atoms with Crippen molar-refractivity contribution in [2.75, 3.05) is 11.5 Å². The molecule has 0 fully saturated rings. The van der Waals surface area contributed by atoms with E-state index in [1.807, 2.05) is 13.8 Å². The third-order valence-electron chi connectivity index (χ3n) is 2.42. The quantitative estimate of drug-likeness (QED) is 0.731. The van der Waals surface area contributed by atoms with Crippen LogP contribution in [0.4, 0.5) is 0 Å². The number of ketones is 1. The van der Waals surface area contributed by atoms with Gasteiger partial charge in [0.05, 0.1) is 5.75 Å². The Morgan fingerprint density at radius 1 is 1.27 bits per heavy atom. The Morgan fingerprint density at radius 3 is 2.07 bits per heavy atom. The Kier molecular flexibility index (Phi) is 4.97. The lowest BCUT2D eigenvalue weighted by molar-refractivity contribution is -0.123. The number of rotatable bonds is 5. The third-order valence-corrected chi connectivity index (χ3v) is 4.20. The first-order chi connectivity index (χ1) is 6.58. The van der Waals surface area contributed by atoms with Crippen LogP contribution in [0.5, 0.6) is 0 Å². The van der Waals surface area contributed by atoms with Gasteiger partial charge in [0.1, 0.15) is 5.75 Å². The average Bonchev–Trinajstić information content (AvgIpc) is 2.00. The van der Waals surface area contributed by atoms with E-state index in [1.54, 1.807) is 20.8 Å². The molecular formula is C11H22O3S. The highest BCUT2D eigenvalue weighted by molar-refractivity contribution is 7.92. The molecule has 3 nitrogen and oxygen atoms in total. The van der Waals surface area contributed by atoms with Gasteiger partial charge in [-0.1, -0.05) is 41.0 Å². The van der Waals surface area contributed by atoms with Gasteiger partial charge in [0.15, 0.2) is 15.6 Å². The van der Waals surface area contributed by atoms with E-state index in [0.717, 1.165) is 6.42 Å². The zero-order valence-electron chi connectivity index (χ0n) is 10.3. The Labute approximate surface area is 93.2 Å². The Bertz CT molecular complexity index is 309. The van der Waals surface area contributed by atoms with Crippen molar-refractivity contribution in [3.63, 3.8) is 0 Å². The molecule has 0 bridgehead atoms. The van der Waals surface area contributed by atoms with Crippen molar-refractivity contribution in [2.45, 2.75) is 41.0 Å². The van der Waals surface area contributed by atoms with Crippen molar-refractivity contribution in [1.29, 1.82) is 0 Å². The van der Waals surface area contributed by atoms with Gasteiger partial charge in [0.25, 0.3) is 0 Å². The Morgan fingerprint density at radius 2 is 1.73 bits per heavy atom. The first-order valence-electron chi connectivity index (χ1n) is 5.32. The molecule has 0 saturated heterocycles. The summed E-state index contributed by atoms with van der Waals surface area (Å²) < 4.78 is 23.3. The lowest BCUT2D eigenvalue weighted by Crippen LogP contribution is -2.30. The fourth-order valence-electron chi connectivity index (χ4n) is 1.03. The molecule has 0 N–H and O–H groups in total. The van der Waals surface area contributed by atoms with Crippen LogP contribution in [0.25, 0.3) is 0 Å². The molecule has 0 radical (unpaired) electrons. The second-order valence-electron chi connectivity index (χ2n) is 5.24. The second-order valence-corrected chi connectivity index (χ2v) is 7.35. The van der Waals surface area contributed by atoms with Crippen LogP contribution < -0.4 is 0 Å². The van der Waals surface area contributed by atoms with Crippen LogP contribution in [0, 0.1) is 11.3 Å². The maximum Gasteiger partial charge on any atom is 0.157 e. The Hall–Kier alpha value is -0.380. The minimum Gasteiger partial charge on any atom is -0.298 e.